The number of thiophene rings is 1. The third-order valence-electron chi connectivity index (χ3n) is 2.90. The normalized spacial score (nSPS) is 19.1. The van der Waals surface area contributed by atoms with E-state index in [9.17, 15) is 18.0 Å². The molecule has 0 amide bonds. The summed E-state index contributed by atoms with van der Waals surface area (Å²) in [6.07, 6.45) is -4.26. The lowest BCUT2D eigenvalue weighted by Crippen LogP contribution is -2.38. The standard InChI is InChI=1S/C12H11F3OS/c1-11(2)6-7(8-4-3-5-17-8)9(11)10(16)12(13,14)15/h3-5H,6H2,1-2H3. The zero-order chi connectivity index (χ0) is 12.8. The average Bonchev–Trinajstić information content (AvgIpc) is 2.65. The summed E-state index contributed by atoms with van der Waals surface area (Å²) in [7, 11) is 0. The molecule has 0 unspecified atom stereocenters. The summed E-state index contributed by atoms with van der Waals surface area (Å²) in [5.74, 6) is -1.70. The fourth-order valence-electron chi connectivity index (χ4n) is 2.17. The summed E-state index contributed by atoms with van der Waals surface area (Å²) in [6, 6.07) is 3.52. The molecule has 0 N–H and O–H groups in total. The van der Waals surface area contributed by atoms with Crippen molar-refractivity contribution in [3.63, 3.8) is 0 Å². The van der Waals surface area contributed by atoms with E-state index in [0.717, 1.165) is 4.88 Å². The van der Waals surface area contributed by atoms with Gasteiger partial charge in [-0.05, 0) is 28.9 Å². The Balaban J connectivity index is 2.47. The van der Waals surface area contributed by atoms with Crippen LogP contribution in [0.2, 0.25) is 0 Å². The highest BCUT2D eigenvalue weighted by molar-refractivity contribution is 7.11. The first-order chi connectivity index (χ1) is 7.73. The second-order valence-corrected chi connectivity index (χ2v) is 5.67. The summed E-state index contributed by atoms with van der Waals surface area (Å²) < 4.78 is 37.5. The van der Waals surface area contributed by atoms with Crippen molar-refractivity contribution in [2.45, 2.75) is 26.4 Å². The minimum absolute atomic E-state index is 0.0764. The Labute approximate surface area is 101 Å². The van der Waals surface area contributed by atoms with Crippen LogP contribution in [0.4, 0.5) is 13.2 Å². The Hall–Kier alpha value is -1.10. The predicted octanol–water partition coefficient (Wildman–Crippen LogP) is 4.06. The number of halogens is 3. The highest BCUT2D eigenvalue weighted by atomic mass is 32.1. The zero-order valence-electron chi connectivity index (χ0n) is 9.39. The average molecular weight is 260 g/mol. The summed E-state index contributed by atoms with van der Waals surface area (Å²) >= 11 is 1.36. The Kier molecular flexibility index (Phi) is 2.69. The minimum Gasteiger partial charge on any atom is -0.284 e. The first-order valence-corrected chi connectivity index (χ1v) is 6.00. The fraction of sp³-hybridized carbons (Fsp3) is 0.417. The van der Waals surface area contributed by atoms with Crippen LogP contribution in [0.25, 0.3) is 5.57 Å². The van der Waals surface area contributed by atoms with Gasteiger partial charge in [0.05, 0.1) is 0 Å². The molecule has 17 heavy (non-hydrogen) atoms. The van der Waals surface area contributed by atoms with E-state index in [1.165, 1.54) is 11.3 Å². The SMILES string of the molecule is CC1(C)CC(c2cccs2)=C1C(=O)C(F)(F)F. The molecule has 1 aromatic heterocycles. The van der Waals surface area contributed by atoms with E-state index in [0.29, 0.717) is 12.0 Å². The molecule has 5 heteroatoms. The van der Waals surface area contributed by atoms with Crippen LogP contribution in [0.3, 0.4) is 0 Å². The van der Waals surface area contributed by atoms with Gasteiger partial charge < -0.3 is 0 Å². The molecule has 0 radical (unpaired) electrons. The lowest BCUT2D eigenvalue weighted by molar-refractivity contribution is -0.168. The molecule has 0 aromatic carbocycles. The van der Waals surface area contributed by atoms with Crippen molar-refractivity contribution >= 4 is 22.7 Å². The third kappa shape index (κ3) is 2.04. The van der Waals surface area contributed by atoms with Crippen molar-refractivity contribution < 1.29 is 18.0 Å². The monoisotopic (exact) mass is 260 g/mol. The highest BCUT2D eigenvalue weighted by Gasteiger charge is 2.51. The van der Waals surface area contributed by atoms with Crippen LogP contribution in [0.15, 0.2) is 23.1 Å². The minimum atomic E-state index is -4.78. The largest absolute Gasteiger partial charge is 0.454 e. The highest BCUT2D eigenvalue weighted by Crippen LogP contribution is 2.53. The van der Waals surface area contributed by atoms with Crippen molar-refractivity contribution in [3.05, 3.63) is 28.0 Å². The maximum atomic E-state index is 12.5. The molecule has 0 spiro atoms. The molecule has 0 saturated carbocycles. The molecule has 1 aliphatic carbocycles. The zero-order valence-corrected chi connectivity index (χ0v) is 10.2. The van der Waals surface area contributed by atoms with E-state index in [-0.39, 0.29) is 5.57 Å². The van der Waals surface area contributed by atoms with E-state index in [1.54, 1.807) is 31.4 Å². The van der Waals surface area contributed by atoms with E-state index in [1.807, 2.05) is 0 Å². The number of alkyl halides is 3. The third-order valence-corrected chi connectivity index (χ3v) is 3.83. The summed E-state index contributed by atoms with van der Waals surface area (Å²) in [4.78, 5) is 12.2. The molecule has 1 nitrogen and oxygen atoms in total. The number of hydrogen-bond donors (Lipinski definition) is 0. The molecule has 1 aromatic rings. The Morgan fingerprint density at radius 1 is 1.41 bits per heavy atom. The Morgan fingerprint density at radius 2 is 2.06 bits per heavy atom. The summed E-state index contributed by atoms with van der Waals surface area (Å²) in [5, 5.41) is 1.79. The van der Waals surface area contributed by atoms with Crippen molar-refractivity contribution in [2.24, 2.45) is 5.41 Å². The molecule has 0 saturated heterocycles. The van der Waals surface area contributed by atoms with Gasteiger partial charge in [0.25, 0.3) is 5.78 Å². The van der Waals surface area contributed by atoms with E-state index < -0.39 is 17.4 Å². The number of rotatable bonds is 2. The molecule has 0 fully saturated rings. The van der Waals surface area contributed by atoms with Crippen molar-refractivity contribution in [1.82, 2.24) is 0 Å². The van der Waals surface area contributed by atoms with Crippen LogP contribution in [0.5, 0.6) is 0 Å². The van der Waals surface area contributed by atoms with Gasteiger partial charge in [0.1, 0.15) is 0 Å². The van der Waals surface area contributed by atoms with E-state index in [4.69, 9.17) is 0 Å². The summed E-state index contributed by atoms with van der Waals surface area (Å²) in [6.45, 7) is 3.34. The number of ketones is 1. The van der Waals surface area contributed by atoms with Crippen LogP contribution >= 0.6 is 11.3 Å². The van der Waals surface area contributed by atoms with Crippen molar-refractivity contribution in [3.8, 4) is 0 Å². The van der Waals surface area contributed by atoms with Gasteiger partial charge in [-0.2, -0.15) is 13.2 Å². The van der Waals surface area contributed by atoms with Crippen LogP contribution in [-0.4, -0.2) is 12.0 Å². The first-order valence-electron chi connectivity index (χ1n) is 5.12. The number of hydrogen-bond acceptors (Lipinski definition) is 2. The van der Waals surface area contributed by atoms with Crippen LogP contribution < -0.4 is 0 Å². The molecular formula is C12H11F3OS. The predicted molar refractivity (Wildman–Crippen MR) is 60.7 cm³/mol. The summed E-state index contributed by atoms with van der Waals surface area (Å²) in [5.41, 5.74) is -0.203. The smallest absolute Gasteiger partial charge is 0.284 e. The number of carbonyl (C=O) groups is 1. The fourth-order valence-corrected chi connectivity index (χ4v) is 2.94. The number of carbonyl (C=O) groups excluding carboxylic acids is 1. The molecule has 0 atom stereocenters. The molecule has 1 aliphatic rings. The van der Waals surface area contributed by atoms with Gasteiger partial charge in [0, 0.05) is 10.5 Å². The van der Waals surface area contributed by atoms with Gasteiger partial charge in [-0.25, -0.2) is 0 Å². The number of allylic oxidation sites excluding steroid dienone is 2. The topological polar surface area (TPSA) is 17.1 Å². The lowest BCUT2D eigenvalue weighted by Gasteiger charge is -2.39. The first kappa shape index (κ1) is 12.4. The lowest BCUT2D eigenvalue weighted by atomic mass is 9.64. The Bertz CT molecular complexity index is 480. The van der Waals surface area contributed by atoms with Gasteiger partial charge in [0.2, 0.25) is 0 Å². The van der Waals surface area contributed by atoms with Gasteiger partial charge >= 0.3 is 6.18 Å². The van der Waals surface area contributed by atoms with Crippen molar-refractivity contribution in [2.75, 3.05) is 0 Å². The van der Waals surface area contributed by atoms with Gasteiger partial charge in [-0.1, -0.05) is 19.9 Å². The van der Waals surface area contributed by atoms with Crippen LogP contribution in [-0.2, 0) is 4.79 Å². The van der Waals surface area contributed by atoms with Crippen molar-refractivity contribution in [1.29, 1.82) is 0 Å². The molecule has 2 rings (SSSR count). The second kappa shape index (κ2) is 3.70. The van der Waals surface area contributed by atoms with E-state index in [2.05, 4.69) is 0 Å². The van der Waals surface area contributed by atoms with Crippen LogP contribution in [0, 0.1) is 5.41 Å². The van der Waals surface area contributed by atoms with Gasteiger partial charge in [-0.3, -0.25) is 4.79 Å². The second-order valence-electron chi connectivity index (χ2n) is 4.72. The van der Waals surface area contributed by atoms with Gasteiger partial charge in [0.15, 0.2) is 0 Å². The molecule has 1 heterocycles. The Morgan fingerprint density at radius 3 is 2.47 bits per heavy atom. The maximum absolute atomic E-state index is 12.5. The molecule has 0 bridgehead atoms. The quantitative estimate of drug-likeness (QED) is 0.783. The molecular weight excluding hydrogens is 249 g/mol. The van der Waals surface area contributed by atoms with Gasteiger partial charge in [-0.15, -0.1) is 11.3 Å². The molecule has 92 valence electrons. The van der Waals surface area contributed by atoms with E-state index >= 15 is 0 Å². The molecule has 0 aliphatic heterocycles. The maximum Gasteiger partial charge on any atom is 0.454 e. The number of Topliss-reactive ketones (excluding diaryl/α,β-unsaturated/α-hetero) is 1. The van der Waals surface area contributed by atoms with Crippen LogP contribution in [0.1, 0.15) is 25.1 Å².